The molecule has 0 radical (unpaired) electrons. The summed E-state index contributed by atoms with van der Waals surface area (Å²) in [6, 6.07) is 13.4. The number of nitrogens with one attached hydrogen (secondary N) is 1. The molecule has 0 saturated heterocycles. The number of hydrogen-bond donors (Lipinski definition) is 1. The standard InChI is InChI=1S/C18H13ClN2O2S/c1-10-11-5-4-6-12(19)17(11)23-16(10)18(22)20-9-15-21-13-7-2-3-8-14(13)24-15/h2-8H,9H2,1H3,(H,20,22). The first-order chi connectivity index (χ1) is 11.6. The molecule has 0 atom stereocenters. The molecule has 24 heavy (non-hydrogen) atoms. The molecule has 1 N–H and O–H groups in total. The van der Waals surface area contributed by atoms with Gasteiger partial charge in [0.1, 0.15) is 5.01 Å². The van der Waals surface area contributed by atoms with Gasteiger partial charge in [0.2, 0.25) is 0 Å². The fourth-order valence-electron chi connectivity index (χ4n) is 2.66. The molecule has 4 rings (SSSR count). The number of furan rings is 1. The highest BCUT2D eigenvalue weighted by atomic mass is 35.5. The Hall–Kier alpha value is -2.37. The first-order valence-electron chi connectivity index (χ1n) is 7.44. The lowest BCUT2D eigenvalue weighted by molar-refractivity contribution is 0.0924. The third-order valence-electron chi connectivity index (χ3n) is 3.86. The molecular formula is C18H13ClN2O2S. The Bertz CT molecular complexity index is 1030. The van der Waals surface area contributed by atoms with E-state index in [1.54, 1.807) is 17.4 Å². The van der Waals surface area contributed by atoms with Crippen LogP contribution in [0, 0.1) is 6.92 Å². The molecule has 2 aromatic carbocycles. The number of benzene rings is 2. The molecule has 0 spiro atoms. The van der Waals surface area contributed by atoms with Crippen LogP contribution in [0.25, 0.3) is 21.2 Å². The maximum absolute atomic E-state index is 12.5. The number of rotatable bonds is 3. The van der Waals surface area contributed by atoms with Crippen LogP contribution in [0.5, 0.6) is 0 Å². The van der Waals surface area contributed by atoms with Gasteiger partial charge in [0.15, 0.2) is 11.3 Å². The van der Waals surface area contributed by atoms with Crippen LogP contribution < -0.4 is 5.32 Å². The van der Waals surface area contributed by atoms with Gasteiger partial charge in [-0.3, -0.25) is 4.79 Å². The van der Waals surface area contributed by atoms with Gasteiger partial charge in [-0.15, -0.1) is 11.3 Å². The topological polar surface area (TPSA) is 55.1 Å². The number of aromatic nitrogens is 1. The number of thiazole rings is 1. The van der Waals surface area contributed by atoms with Crippen molar-refractivity contribution in [1.82, 2.24) is 10.3 Å². The molecular weight excluding hydrogens is 344 g/mol. The summed E-state index contributed by atoms with van der Waals surface area (Å²) in [6.07, 6.45) is 0. The van der Waals surface area contributed by atoms with E-state index >= 15 is 0 Å². The summed E-state index contributed by atoms with van der Waals surface area (Å²) in [6.45, 7) is 2.22. The lowest BCUT2D eigenvalue weighted by atomic mass is 10.1. The van der Waals surface area contributed by atoms with Gasteiger partial charge in [-0.25, -0.2) is 4.98 Å². The predicted molar refractivity (Wildman–Crippen MR) is 96.8 cm³/mol. The van der Waals surface area contributed by atoms with E-state index in [-0.39, 0.29) is 5.91 Å². The summed E-state index contributed by atoms with van der Waals surface area (Å²) in [5, 5.41) is 5.08. The van der Waals surface area contributed by atoms with Crippen molar-refractivity contribution in [2.24, 2.45) is 0 Å². The lowest BCUT2D eigenvalue weighted by Gasteiger charge is -2.00. The first-order valence-corrected chi connectivity index (χ1v) is 8.63. The molecule has 6 heteroatoms. The number of fused-ring (bicyclic) bond motifs is 2. The van der Waals surface area contributed by atoms with Gasteiger partial charge in [0.05, 0.1) is 21.8 Å². The zero-order valence-corrected chi connectivity index (χ0v) is 14.4. The Morgan fingerprint density at radius 2 is 2.08 bits per heavy atom. The van der Waals surface area contributed by atoms with Gasteiger partial charge in [0, 0.05) is 10.9 Å². The van der Waals surface area contributed by atoms with E-state index in [1.165, 1.54) is 0 Å². The zero-order chi connectivity index (χ0) is 16.7. The number of para-hydroxylation sites is 2. The molecule has 0 aliphatic rings. The van der Waals surface area contributed by atoms with Crippen LogP contribution in [-0.2, 0) is 6.54 Å². The molecule has 0 unspecified atom stereocenters. The van der Waals surface area contributed by atoms with Crippen molar-refractivity contribution in [2.45, 2.75) is 13.5 Å². The second-order valence-electron chi connectivity index (χ2n) is 5.43. The van der Waals surface area contributed by atoms with Crippen LogP contribution in [0.4, 0.5) is 0 Å². The molecule has 2 aromatic heterocycles. The highest BCUT2D eigenvalue weighted by Gasteiger charge is 2.19. The summed E-state index contributed by atoms with van der Waals surface area (Å²) in [4.78, 5) is 17.0. The van der Waals surface area contributed by atoms with Gasteiger partial charge in [-0.1, -0.05) is 35.9 Å². The summed E-state index contributed by atoms with van der Waals surface area (Å²) in [5.41, 5.74) is 2.27. The number of carbonyl (C=O) groups excluding carboxylic acids is 1. The van der Waals surface area contributed by atoms with E-state index in [4.69, 9.17) is 16.0 Å². The molecule has 0 aliphatic carbocycles. The second kappa shape index (κ2) is 5.92. The minimum absolute atomic E-state index is 0.265. The van der Waals surface area contributed by atoms with Crippen LogP contribution in [-0.4, -0.2) is 10.9 Å². The Morgan fingerprint density at radius 1 is 1.25 bits per heavy atom. The van der Waals surface area contributed by atoms with Crippen molar-refractivity contribution in [2.75, 3.05) is 0 Å². The van der Waals surface area contributed by atoms with Crippen molar-refractivity contribution in [1.29, 1.82) is 0 Å². The zero-order valence-electron chi connectivity index (χ0n) is 12.8. The number of aryl methyl sites for hydroxylation is 1. The molecule has 4 nitrogen and oxygen atoms in total. The second-order valence-corrected chi connectivity index (χ2v) is 6.95. The molecule has 0 aliphatic heterocycles. The normalized spacial score (nSPS) is 11.2. The molecule has 0 saturated carbocycles. The largest absolute Gasteiger partial charge is 0.449 e. The number of halogens is 1. The lowest BCUT2D eigenvalue weighted by Crippen LogP contribution is -2.22. The molecule has 0 fully saturated rings. The van der Waals surface area contributed by atoms with Crippen molar-refractivity contribution in [3.63, 3.8) is 0 Å². The van der Waals surface area contributed by atoms with Crippen molar-refractivity contribution >= 4 is 50.0 Å². The number of amides is 1. The van der Waals surface area contributed by atoms with E-state index < -0.39 is 0 Å². The van der Waals surface area contributed by atoms with Crippen LogP contribution in [0.1, 0.15) is 21.1 Å². The smallest absolute Gasteiger partial charge is 0.287 e. The Balaban J connectivity index is 1.58. The Morgan fingerprint density at radius 3 is 2.88 bits per heavy atom. The van der Waals surface area contributed by atoms with E-state index in [1.807, 2.05) is 43.3 Å². The molecule has 120 valence electrons. The van der Waals surface area contributed by atoms with Crippen molar-refractivity contribution in [3.05, 3.63) is 63.8 Å². The summed E-state index contributed by atoms with van der Waals surface area (Å²) >= 11 is 7.70. The van der Waals surface area contributed by atoms with Gasteiger partial charge >= 0.3 is 0 Å². The van der Waals surface area contributed by atoms with Gasteiger partial charge < -0.3 is 9.73 Å². The molecule has 0 bridgehead atoms. The molecule has 4 aromatic rings. The fourth-order valence-corrected chi connectivity index (χ4v) is 3.78. The van der Waals surface area contributed by atoms with E-state index in [0.29, 0.717) is 22.9 Å². The van der Waals surface area contributed by atoms with E-state index in [0.717, 1.165) is 26.2 Å². The average molecular weight is 357 g/mol. The van der Waals surface area contributed by atoms with Crippen molar-refractivity contribution in [3.8, 4) is 0 Å². The van der Waals surface area contributed by atoms with Gasteiger partial charge in [0.25, 0.3) is 5.91 Å². The quantitative estimate of drug-likeness (QED) is 0.566. The average Bonchev–Trinajstić information content (AvgIpc) is 3.15. The number of nitrogens with zero attached hydrogens (tertiary/aromatic N) is 1. The first kappa shape index (κ1) is 15.2. The molecule has 1 amide bonds. The van der Waals surface area contributed by atoms with E-state index in [9.17, 15) is 4.79 Å². The maximum atomic E-state index is 12.5. The predicted octanol–water partition coefficient (Wildman–Crippen LogP) is 4.93. The SMILES string of the molecule is Cc1c(C(=O)NCc2nc3ccccc3s2)oc2c(Cl)cccc12. The minimum Gasteiger partial charge on any atom is -0.449 e. The Kier molecular flexibility index (Phi) is 3.75. The summed E-state index contributed by atoms with van der Waals surface area (Å²) in [5.74, 6) is 0.0261. The summed E-state index contributed by atoms with van der Waals surface area (Å²) in [7, 11) is 0. The Labute approximate surface area is 147 Å². The molecule has 2 heterocycles. The fraction of sp³-hybridized carbons (Fsp3) is 0.111. The highest BCUT2D eigenvalue weighted by Crippen LogP contribution is 2.30. The third-order valence-corrected chi connectivity index (χ3v) is 5.19. The number of carbonyl (C=O) groups is 1. The third kappa shape index (κ3) is 2.56. The number of hydrogen-bond acceptors (Lipinski definition) is 4. The highest BCUT2D eigenvalue weighted by molar-refractivity contribution is 7.18. The van der Waals surface area contributed by atoms with Crippen LogP contribution in [0.3, 0.4) is 0 Å². The van der Waals surface area contributed by atoms with Crippen LogP contribution in [0.2, 0.25) is 5.02 Å². The minimum atomic E-state index is -0.265. The van der Waals surface area contributed by atoms with Gasteiger partial charge in [-0.05, 0) is 25.1 Å². The summed E-state index contributed by atoms with van der Waals surface area (Å²) < 4.78 is 6.78. The van der Waals surface area contributed by atoms with Crippen LogP contribution >= 0.6 is 22.9 Å². The maximum Gasteiger partial charge on any atom is 0.287 e. The van der Waals surface area contributed by atoms with Gasteiger partial charge in [-0.2, -0.15) is 0 Å². The monoisotopic (exact) mass is 356 g/mol. The van der Waals surface area contributed by atoms with E-state index in [2.05, 4.69) is 10.3 Å². The van der Waals surface area contributed by atoms with Crippen LogP contribution in [0.15, 0.2) is 46.9 Å². The van der Waals surface area contributed by atoms with Crippen molar-refractivity contribution < 1.29 is 9.21 Å².